The number of unbranched alkanes of at least 4 members (excludes halogenated alkanes) is 1. The molecule has 4 nitrogen and oxygen atoms in total. The van der Waals surface area contributed by atoms with E-state index in [1.807, 2.05) is 6.07 Å². The van der Waals surface area contributed by atoms with Gasteiger partial charge in [-0.15, -0.1) is 0 Å². The van der Waals surface area contributed by atoms with E-state index in [0.29, 0.717) is 0 Å². The van der Waals surface area contributed by atoms with Gasteiger partial charge in [0.1, 0.15) is 12.7 Å². The fourth-order valence-electron chi connectivity index (χ4n) is 2.73. The van der Waals surface area contributed by atoms with Crippen molar-refractivity contribution in [2.75, 3.05) is 0 Å². The Kier molecular flexibility index (Phi) is 5.72. The molecule has 2 aromatic rings. The van der Waals surface area contributed by atoms with Crippen LogP contribution in [0, 0.1) is 5.41 Å². The van der Waals surface area contributed by atoms with Crippen LogP contribution in [0.15, 0.2) is 43.0 Å². The zero-order chi connectivity index (χ0) is 16.0. The second-order valence-electron chi connectivity index (χ2n) is 6.99. The molecule has 1 heterocycles. The van der Waals surface area contributed by atoms with Gasteiger partial charge in [0.05, 0.1) is 12.1 Å². The lowest BCUT2D eigenvalue weighted by Crippen LogP contribution is -2.35. The number of aliphatic hydroxyl groups is 1. The normalized spacial score (nSPS) is 14.7. The number of nitrogens with zero attached hydrogens (tertiary/aromatic N) is 3. The summed E-state index contributed by atoms with van der Waals surface area (Å²) in [6, 6.07) is 10.5. The number of aromatic nitrogens is 3. The summed E-state index contributed by atoms with van der Waals surface area (Å²) in [5.74, 6) is 0. The van der Waals surface area contributed by atoms with Crippen molar-refractivity contribution in [1.82, 2.24) is 14.8 Å². The van der Waals surface area contributed by atoms with Crippen molar-refractivity contribution in [3.05, 3.63) is 48.5 Å². The van der Waals surface area contributed by atoms with Crippen LogP contribution in [0.3, 0.4) is 0 Å². The van der Waals surface area contributed by atoms with Crippen molar-refractivity contribution < 1.29 is 5.11 Å². The molecular formula is C18H27N3O. The standard InChI is InChI=1S/C18H27N3O/c1-18(2,3)17(22)16(21-14-19-13-20-21)12-8-7-11-15-9-5-4-6-10-15/h4-6,9-10,13-14,16-17,22H,7-8,11-12H2,1-3H3. The van der Waals surface area contributed by atoms with Gasteiger partial charge in [-0.25, -0.2) is 9.67 Å². The number of rotatable bonds is 7. The first-order valence-corrected chi connectivity index (χ1v) is 8.04. The van der Waals surface area contributed by atoms with E-state index in [4.69, 9.17) is 0 Å². The van der Waals surface area contributed by atoms with Crippen LogP contribution in [0.2, 0.25) is 0 Å². The van der Waals surface area contributed by atoms with E-state index in [0.717, 1.165) is 25.7 Å². The maximum atomic E-state index is 10.6. The molecule has 1 N–H and O–H groups in total. The van der Waals surface area contributed by atoms with Gasteiger partial charge in [-0.1, -0.05) is 57.5 Å². The fourth-order valence-corrected chi connectivity index (χ4v) is 2.73. The Labute approximate surface area is 133 Å². The summed E-state index contributed by atoms with van der Waals surface area (Å²) < 4.78 is 1.80. The van der Waals surface area contributed by atoms with Gasteiger partial charge in [0.25, 0.3) is 0 Å². The van der Waals surface area contributed by atoms with Gasteiger partial charge < -0.3 is 5.11 Å². The van der Waals surface area contributed by atoms with E-state index in [1.165, 1.54) is 11.9 Å². The molecule has 2 atom stereocenters. The smallest absolute Gasteiger partial charge is 0.137 e. The maximum absolute atomic E-state index is 10.6. The molecule has 0 saturated carbocycles. The minimum absolute atomic E-state index is 0.0155. The predicted octanol–water partition coefficient (Wildman–Crippen LogP) is 3.64. The molecule has 0 amide bonds. The van der Waals surface area contributed by atoms with Crippen molar-refractivity contribution in [2.24, 2.45) is 5.41 Å². The molecule has 4 heteroatoms. The monoisotopic (exact) mass is 301 g/mol. The molecule has 0 bridgehead atoms. The first-order valence-electron chi connectivity index (χ1n) is 8.04. The van der Waals surface area contributed by atoms with Crippen LogP contribution in [-0.4, -0.2) is 26.0 Å². The van der Waals surface area contributed by atoms with Gasteiger partial charge in [0.15, 0.2) is 0 Å². The number of aryl methyl sites for hydroxylation is 1. The molecular weight excluding hydrogens is 274 g/mol. The lowest BCUT2D eigenvalue weighted by Gasteiger charge is -2.33. The van der Waals surface area contributed by atoms with Crippen LogP contribution in [0.5, 0.6) is 0 Å². The highest BCUT2D eigenvalue weighted by Gasteiger charge is 2.31. The van der Waals surface area contributed by atoms with Crippen molar-refractivity contribution >= 4 is 0 Å². The minimum Gasteiger partial charge on any atom is -0.390 e. The topological polar surface area (TPSA) is 50.9 Å². The van der Waals surface area contributed by atoms with E-state index in [2.05, 4.69) is 55.1 Å². The van der Waals surface area contributed by atoms with E-state index in [-0.39, 0.29) is 11.5 Å². The molecule has 120 valence electrons. The van der Waals surface area contributed by atoms with Crippen LogP contribution >= 0.6 is 0 Å². The van der Waals surface area contributed by atoms with E-state index in [9.17, 15) is 5.11 Å². The molecule has 2 unspecified atom stereocenters. The third kappa shape index (κ3) is 4.67. The summed E-state index contributed by atoms with van der Waals surface area (Å²) in [7, 11) is 0. The van der Waals surface area contributed by atoms with Gasteiger partial charge in [-0.3, -0.25) is 0 Å². The molecule has 2 rings (SSSR count). The third-order valence-corrected chi connectivity index (χ3v) is 4.09. The van der Waals surface area contributed by atoms with Gasteiger partial charge in [0.2, 0.25) is 0 Å². The minimum atomic E-state index is -0.439. The Morgan fingerprint density at radius 3 is 2.45 bits per heavy atom. The van der Waals surface area contributed by atoms with E-state index >= 15 is 0 Å². The SMILES string of the molecule is CC(C)(C)C(O)C(CCCCc1ccccc1)n1cncn1. The summed E-state index contributed by atoms with van der Waals surface area (Å²) in [6.07, 6.45) is 6.97. The largest absolute Gasteiger partial charge is 0.390 e. The van der Waals surface area contributed by atoms with E-state index < -0.39 is 6.10 Å². The average molecular weight is 301 g/mol. The summed E-state index contributed by atoms with van der Waals surface area (Å²) >= 11 is 0. The van der Waals surface area contributed by atoms with Crippen LogP contribution < -0.4 is 0 Å². The zero-order valence-electron chi connectivity index (χ0n) is 13.8. The Morgan fingerprint density at radius 2 is 1.86 bits per heavy atom. The first-order chi connectivity index (χ1) is 10.5. The number of aliphatic hydroxyl groups excluding tert-OH is 1. The molecule has 1 aromatic carbocycles. The van der Waals surface area contributed by atoms with Crippen LogP contribution in [0.4, 0.5) is 0 Å². The molecule has 1 aromatic heterocycles. The first kappa shape index (κ1) is 16.7. The Hall–Kier alpha value is -1.68. The number of hydrogen-bond donors (Lipinski definition) is 1. The predicted molar refractivity (Wildman–Crippen MR) is 88.5 cm³/mol. The summed E-state index contributed by atoms with van der Waals surface area (Å²) in [6.45, 7) is 6.18. The third-order valence-electron chi connectivity index (χ3n) is 4.09. The Balaban J connectivity index is 1.90. The lowest BCUT2D eigenvalue weighted by atomic mass is 9.83. The van der Waals surface area contributed by atoms with Crippen molar-refractivity contribution in [3.8, 4) is 0 Å². The second kappa shape index (κ2) is 7.54. The van der Waals surface area contributed by atoms with Gasteiger partial charge in [-0.05, 0) is 30.2 Å². The Morgan fingerprint density at radius 1 is 1.14 bits per heavy atom. The molecule has 0 aliphatic rings. The van der Waals surface area contributed by atoms with Crippen LogP contribution in [0.25, 0.3) is 0 Å². The summed E-state index contributed by atoms with van der Waals surface area (Å²) in [5.41, 5.74) is 1.20. The zero-order valence-corrected chi connectivity index (χ0v) is 13.8. The quantitative estimate of drug-likeness (QED) is 0.794. The molecule has 0 spiro atoms. The molecule has 0 saturated heterocycles. The average Bonchev–Trinajstić information content (AvgIpc) is 3.01. The molecule has 0 aliphatic carbocycles. The fraction of sp³-hybridized carbons (Fsp3) is 0.556. The Bertz CT molecular complexity index is 531. The molecule has 0 aliphatic heterocycles. The lowest BCUT2D eigenvalue weighted by molar-refractivity contribution is 0.00851. The van der Waals surface area contributed by atoms with E-state index in [1.54, 1.807) is 11.0 Å². The molecule has 0 radical (unpaired) electrons. The van der Waals surface area contributed by atoms with Gasteiger partial charge in [0, 0.05) is 0 Å². The van der Waals surface area contributed by atoms with Crippen molar-refractivity contribution in [1.29, 1.82) is 0 Å². The summed E-state index contributed by atoms with van der Waals surface area (Å²) in [5, 5.41) is 14.9. The number of benzene rings is 1. The molecule has 0 fully saturated rings. The van der Waals surface area contributed by atoms with Crippen LogP contribution in [0.1, 0.15) is 51.6 Å². The number of hydrogen-bond acceptors (Lipinski definition) is 3. The second-order valence-corrected chi connectivity index (χ2v) is 6.99. The maximum Gasteiger partial charge on any atom is 0.137 e. The molecule has 22 heavy (non-hydrogen) atoms. The summed E-state index contributed by atoms with van der Waals surface area (Å²) in [4.78, 5) is 4.02. The van der Waals surface area contributed by atoms with Crippen LogP contribution in [-0.2, 0) is 6.42 Å². The van der Waals surface area contributed by atoms with Crippen molar-refractivity contribution in [3.63, 3.8) is 0 Å². The van der Waals surface area contributed by atoms with Crippen molar-refractivity contribution in [2.45, 2.75) is 58.6 Å². The highest BCUT2D eigenvalue weighted by Crippen LogP contribution is 2.31. The van der Waals surface area contributed by atoms with Gasteiger partial charge >= 0.3 is 0 Å². The highest BCUT2D eigenvalue weighted by atomic mass is 16.3. The van der Waals surface area contributed by atoms with Gasteiger partial charge in [-0.2, -0.15) is 5.10 Å². The highest BCUT2D eigenvalue weighted by molar-refractivity contribution is 5.14.